The second-order valence-electron chi connectivity index (χ2n) is 5.62. The molecule has 0 aliphatic carbocycles. The average molecular weight is 318 g/mol. The normalized spacial score (nSPS) is 22.5. The van der Waals surface area contributed by atoms with Crippen molar-refractivity contribution in [2.24, 2.45) is 0 Å². The minimum Gasteiger partial charge on any atom is -0.378 e. The number of hydrogen-bond acceptors (Lipinski definition) is 6. The number of hydrogen-bond donors (Lipinski definition) is 0. The number of thiophene rings is 1. The Hall–Kier alpha value is -1.73. The fraction of sp³-hybridized carbons (Fsp3) is 0.533. The highest BCUT2D eigenvalue weighted by Gasteiger charge is 2.35. The highest BCUT2D eigenvalue weighted by Crippen LogP contribution is 2.33. The zero-order valence-corrected chi connectivity index (χ0v) is 13.1. The van der Waals surface area contributed by atoms with E-state index in [4.69, 9.17) is 4.74 Å². The molecule has 2 fully saturated rings. The van der Waals surface area contributed by atoms with Gasteiger partial charge in [0.15, 0.2) is 5.82 Å². The third-order valence-electron chi connectivity index (χ3n) is 4.36. The molecule has 0 N–H and O–H groups in total. The van der Waals surface area contributed by atoms with Crippen LogP contribution in [0, 0.1) is 0 Å². The van der Waals surface area contributed by atoms with Crippen molar-refractivity contribution in [1.29, 1.82) is 0 Å². The predicted molar refractivity (Wildman–Crippen MR) is 85.2 cm³/mol. The number of rotatable bonds is 2. The van der Waals surface area contributed by atoms with Gasteiger partial charge in [-0.1, -0.05) is 0 Å². The van der Waals surface area contributed by atoms with Gasteiger partial charge >= 0.3 is 0 Å². The summed E-state index contributed by atoms with van der Waals surface area (Å²) in [6, 6.07) is 1.90. The molecule has 6 nitrogen and oxygen atoms in total. The molecule has 0 radical (unpaired) electrons. The lowest BCUT2D eigenvalue weighted by atomic mass is 10.2. The zero-order chi connectivity index (χ0) is 14.9. The van der Waals surface area contributed by atoms with Gasteiger partial charge < -0.3 is 14.5 Å². The van der Waals surface area contributed by atoms with Crippen LogP contribution in [0.3, 0.4) is 0 Å². The van der Waals surface area contributed by atoms with Crippen LogP contribution < -0.4 is 4.90 Å². The monoisotopic (exact) mass is 318 g/mol. The summed E-state index contributed by atoms with van der Waals surface area (Å²) in [5.74, 6) is 1.12. The van der Waals surface area contributed by atoms with Crippen molar-refractivity contribution in [3.63, 3.8) is 0 Å². The van der Waals surface area contributed by atoms with Crippen LogP contribution in [-0.4, -0.2) is 59.7 Å². The Labute approximate surface area is 132 Å². The Morgan fingerprint density at radius 2 is 2.14 bits per heavy atom. The van der Waals surface area contributed by atoms with E-state index in [2.05, 4.69) is 14.9 Å². The molecular weight excluding hydrogens is 300 g/mol. The summed E-state index contributed by atoms with van der Waals surface area (Å²) in [7, 11) is 0. The van der Waals surface area contributed by atoms with Crippen LogP contribution in [0.2, 0.25) is 0 Å². The Balaban J connectivity index is 1.63. The van der Waals surface area contributed by atoms with Crippen molar-refractivity contribution in [2.45, 2.75) is 18.9 Å². The van der Waals surface area contributed by atoms with Crippen molar-refractivity contribution in [1.82, 2.24) is 14.9 Å². The number of ether oxygens (including phenoxy) is 1. The van der Waals surface area contributed by atoms with Gasteiger partial charge in [-0.15, -0.1) is 11.3 Å². The van der Waals surface area contributed by atoms with Gasteiger partial charge in [0.25, 0.3) is 0 Å². The standard InChI is InChI=1S/C15H18N4O2S/c20-15(18-5-7-21-8-6-18)12-2-1-4-19(12)14-13-11(3-9-22-13)16-10-17-14/h3,9-10,12H,1-2,4-8H2/t12-/m1/s1. The van der Waals surface area contributed by atoms with E-state index in [9.17, 15) is 4.79 Å². The van der Waals surface area contributed by atoms with E-state index in [1.807, 2.05) is 16.3 Å². The number of carbonyl (C=O) groups is 1. The van der Waals surface area contributed by atoms with Crippen LogP contribution >= 0.6 is 11.3 Å². The number of nitrogens with zero attached hydrogens (tertiary/aromatic N) is 4. The topological polar surface area (TPSA) is 58.6 Å². The highest BCUT2D eigenvalue weighted by molar-refractivity contribution is 7.17. The molecule has 4 rings (SSSR count). The quantitative estimate of drug-likeness (QED) is 0.840. The Morgan fingerprint density at radius 1 is 1.27 bits per heavy atom. The molecule has 1 atom stereocenters. The van der Waals surface area contributed by atoms with E-state index in [0.717, 1.165) is 35.4 Å². The van der Waals surface area contributed by atoms with E-state index >= 15 is 0 Å². The molecule has 2 aromatic rings. The van der Waals surface area contributed by atoms with Gasteiger partial charge in [0.1, 0.15) is 12.4 Å². The molecule has 0 saturated carbocycles. The van der Waals surface area contributed by atoms with E-state index < -0.39 is 0 Å². The van der Waals surface area contributed by atoms with Crippen molar-refractivity contribution < 1.29 is 9.53 Å². The first-order valence-corrected chi connectivity index (χ1v) is 8.54. The minimum absolute atomic E-state index is 0.0988. The predicted octanol–water partition coefficient (Wildman–Crippen LogP) is 1.52. The molecule has 0 unspecified atom stereocenters. The van der Waals surface area contributed by atoms with Crippen molar-refractivity contribution >= 4 is 33.3 Å². The lowest BCUT2D eigenvalue weighted by molar-refractivity contribution is -0.136. The molecule has 2 aromatic heterocycles. The molecule has 7 heteroatoms. The third-order valence-corrected chi connectivity index (χ3v) is 5.26. The lowest BCUT2D eigenvalue weighted by Gasteiger charge is -2.33. The number of fused-ring (bicyclic) bond motifs is 1. The summed E-state index contributed by atoms with van der Waals surface area (Å²) in [6.07, 6.45) is 3.52. The number of morpholine rings is 1. The number of amides is 1. The summed E-state index contributed by atoms with van der Waals surface area (Å²) in [5.41, 5.74) is 0.958. The first kappa shape index (κ1) is 13.9. The minimum atomic E-state index is -0.0988. The molecule has 2 aliphatic rings. The van der Waals surface area contributed by atoms with Gasteiger partial charge in [0.05, 0.1) is 23.4 Å². The molecule has 2 aliphatic heterocycles. The molecular formula is C15H18N4O2S. The second-order valence-corrected chi connectivity index (χ2v) is 6.54. The van der Waals surface area contributed by atoms with Gasteiger partial charge in [0.2, 0.25) is 5.91 Å². The summed E-state index contributed by atoms with van der Waals surface area (Å²) in [4.78, 5) is 25.7. The first-order chi connectivity index (χ1) is 10.8. The molecule has 116 valence electrons. The van der Waals surface area contributed by atoms with E-state index in [1.54, 1.807) is 17.7 Å². The van der Waals surface area contributed by atoms with Crippen molar-refractivity contribution in [3.8, 4) is 0 Å². The van der Waals surface area contributed by atoms with Crippen LogP contribution in [0.25, 0.3) is 10.2 Å². The van der Waals surface area contributed by atoms with Gasteiger partial charge in [-0.25, -0.2) is 9.97 Å². The van der Waals surface area contributed by atoms with Crippen LogP contribution in [-0.2, 0) is 9.53 Å². The summed E-state index contributed by atoms with van der Waals surface area (Å²) < 4.78 is 6.42. The third kappa shape index (κ3) is 2.34. The Kier molecular flexibility index (Phi) is 3.67. The highest BCUT2D eigenvalue weighted by atomic mass is 32.1. The van der Waals surface area contributed by atoms with E-state index in [0.29, 0.717) is 26.3 Å². The van der Waals surface area contributed by atoms with Crippen LogP contribution in [0.5, 0.6) is 0 Å². The van der Waals surface area contributed by atoms with Gasteiger partial charge in [0, 0.05) is 19.6 Å². The van der Waals surface area contributed by atoms with Crippen LogP contribution in [0.4, 0.5) is 5.82 Å². The van der Waals surface area contributed by atoms with E-state index in [1.165, 1.54) is 0 Å². The Bertz CT molecular complexity index is 683. The average Bonchev–Trinajstić information content (AvgIpc) is 3.23. The lowest BCUT2D eigenvalue weighted by Crippen LogP contribution is -2.50. The fourth-order valence-corrected chi connectivity index (χ4v) is 4.10. The summed E-state index contributed by atoms with van der Waals surface area (Å²) in [5, 5.41) is 2.03. The van der Waals surface area contributed by atoms with Crippen LogP contribution in [0.1, 0.15) is 12.8 Å². The van der Waals surface area contributed by atoms with Crippen molar-refractivity contribution in [3.05, 3.63) is 17.8 Å². The fourth-order valence-electron chi connectivity index (χ4n) is 3.25. The zero-order valence-electron chi connectivity index (χ0n) is 12.3. The second kappa shape index (κ2) is 5.81. The molecule has 0 aromatic carbocycles. The maximum atomic E-state index is 12.8. The maximum Gasteiger partial charge on any atom is 0.245 e. The molecule has 1 amide bonds. The first-order valence-electron chi connectivity index (χ1n) is 7.66. The molecule has 0 bridgehead atoms. The molecule has 4 heterocycles. The molecule has 22 heavy (non-hydrogen) atoms. The Morgan fingerprint density at radius 3 is 3.00 bits per heavy atom. The van der Waals surface area contributed by atoms with E-state index in [-0.39, 0.29) is 11.9 Å². The smallest absolute Gasteiger partial charge is 0.245 e. The molecule has 2 saturated heterocycles. The SMILES string of the molecule is O=C([C@H]1CCCN1c1ncnc2ccsc12)N1CCOCC1. The number of anilines is 1. The summed E-state index contributed by atoms with van der Waals surface area (Å²) >= 11 is 1.64. The van der Waals surface area contributed by atoms with Crippen LogP contribution in [0.15, 0.2) is 17.8 Å². The largest absolute Gasteiger partial charge is 0.378 e. The van der Waals surface area contributed by atoms with Gasteiger partial charge in [-0.05, 0) is 24.3 Å². The van der Waals surface area contributed by atoms with Crippen molar-refractivity contribution in [2.75, 3.05) is 37.7 Å². The number of aromatic nitrogens is 2. The summed E-state index contributed by atoms with van der Waals surface area (Å²) in [6.45, 7) is 3.55. The van der Waals surface area contributed by atoms with Gasteiger partial charge in [-0.3, -0.25) is 4.79 Å². The number of carbonyl (C=O) groups excluding carboxylic acids is 1. The maximum absolute atomic E-state index is 12.8. The van der Waals surface area contributed by atoms with Gasteiger partial charge in [-0.2, -0.15) is 0 Å². The molecule has 0 spiro atoms.